The summed E-state index contributed by atoms with van der Waals surface area (Å²) in [7, 11) is 0. The van der Waals surface area contributed by atoms with Gasteiger partial charge in [0.15, 0.2) is 0 Å². The highest BCUT2D eigenvalue weighted by Crippen LogP contribution is 2.45. The van der Waals surface area contributed by atoms with Crippen molar-refractivity contribution in [2.45, 2.75) is 40.7 Å². The molecule has 1 aliphatic heterocycles. The number of carbonyl (C=O) groups excluding carboxylic acids is 2. The van der Waals surface area contributed by atoms with Gasteiger partial charge in [-0.3, -0.25) is 14.5 Å². The maximum atomic E-state index is 13.6. The van der Waals surface area contributed by atoms with Gasteiger partial charge in [-0.1, -0.05) is 36.4 Å². The molecule has 5 rings (SSSR count). The zero-order valence-electron chi connectivity index (χ0n) is 20.6. The fourth-order valence-corrected chi connectivity index (χ4v) is 5.16. The van der Waals surface area contributed by atoms with E-state index in [1.807, 2.05) is 89.2 Å². The molecular weight excluding hydrogens is 436 g/mol. The summed E-state index contributed by atoms with van der Waals surface area (Å²) < 4.78 is 0. The van der Waals surface area contributed by atoms with Crippen molar-refractivity contribution in [3.8, 4) is 0 Å². The molecule has 4 aromatic rings. The van der Waals surface area contributed by atoms with Crippen LogP contribution in [0.1, 0.15) is 45.1 Å². The van der Waals surface area contributed by atoms with Gasteiger partial charge in [-0.15, -0.1) is 0 Å². The number of Topliss-reactive ketones (excluding diaryl/α,β-unsaturated/α-hetero) is 1. The zero-order chi connectivity index (χ0) is 25.0. The number of para-hydroxylation sites is 1. The lowest BCUT2D eigenvalue weighted by atomic mass is 9.92. The molecule has 1 amide bonds. The van der Waals surface area contributed by atoms with E-state index in [1.165, 1.54) is 4.90 Å². The summed E-state index contributed by atoms with van der Waals surface area (Å²) in [5, 5.41) is 12.4. The number of aromatic amines is 1. The van der Waals surface area contributed by atoms with Crippen molar-refractivity contribution in [3.05, 3.63) is 105 Å². The summed E-state index contributed by atoms with van der Waals surface area (Å²) in [4.78, 5) is 32.1. The minimum atomic E-state index is -0.769. The highest BCUT2D eigenvalue weighted by Gasteiger charge is 2.48. The van der Waals surface area contributed by atoms with Crippen LogP contribution in [0.2, 0.25) is 0 Å². The summed E-state index contributed by atoms with van der Waals surface area (Å²) in [6.07, 6.45) is 0. The molecule has 1 aliphatic rings. The fourth-order valence-electron chi connectivity index (χ4n) is 5.16. The van der Waals surface area contributed by atoms with E-state index in [1.54, 1.807) is 6.07 Å². The number of amides is 1. The number of nitrogens with zero attached hydrogens (tertiary/aromatic N) is 1. The average molecular weight is 465 g/mol. The summed E-state index contributed by atoms with van der Waals surface area (Å²) in [5.41, 5.74) is 7.90. The number of fused-ring (bicyclic) bond motifs is 1. The number of benzene rings is 3. The first-order valence-corrected chi connectivity index (χ1v) is 11.7. The van der Waals surface area contributed by atoms with E-state index in [0.29, 0.717) is 11.3 Å². The lowest BCUT2D eigenvalue weighted by molar-refractivity contribution is -0.132. The predicted octanol–water partition coefficient (Wildman–Crippen LogP) is 6.34. The maximum absolute atomic E-state index is 13.6. The van der Waals surface area contributed by atoms with Gasteiger partial charge in [-0.05, 0) is 81.1 Å². The largest absolute Gasteiger partial charge is 0.507 e. The van der Waals surface area contributed by atoms with Crippen LogP contribution in [-0.2, 0) is 9.59 Å². The van der Waals surface area contributed by atoms with Gasteiger partial charge < -0.3 is 10.1 Å². The van der Waals surface area contributed by atoms with Crippen molar-refractivity contribution in [1.29, 1.82) is 0 Å². The number of aryl methyl sites for hydroxylation is 5. The van der Waals surface area contributed by atoms with Crippen LogP contribution in [-0.4, -0.2) is 21.8 Å². The van der Waals surface area contributed by atoms with Crippen LogP contribution in [0.3, 0.4) is 0 Å². The van der Waals surface area contributed by atoms with Gasteiger partial charge in [-0.25, -0.2) is 0 Å². The van der Waals surface area contributed by atoms with Gasteiger partial charge in [-0.2, -0.15) is 0 Å². The molecule has 2 N–H and O–H groups in total. The van der Waals surface area contributed by atoms with Crippen LogP contribution in [0, 0.1) is 34.6 Å². The summed E-state index contributed by atoms with van der Waals surface area (Å²) in [6, 6.07) is 18.5. The molecule has 2 heterocycles. The van der Waals surface area contributed by atoms with Gasteiger partial charge in [0.25, 0.3) is 11.7 Å². The lowest BCUT2D eigenvalue weighted by Crippen LogP contribution is -2.29. The van der Waals surface area contributed by atoms with Crippen LogP contribution in [0.25, 0.3) is 16.7 Å². The second kappa shape index (κ2) is 8.27. The number of aromatic nitrogens is 1. The van der Waals surface area contributed by atoms with Gasteiger partial charge >= 0.3 is 0 Å². The molecule has 1 unspecified atom stereocenters. The van der Waals surface area contributed by atoms with Crippen LogP contribution in [0.15, 0.2) is 66.2 Å². The molecule has 0 spiro atoms. The van der Waals surface area contributed by atoms with E-state index in [0.717, 1.165) is 44.4 Å². The molecule has 0 bridgehead atoms. The Bertz CT molecular complexity index is 1540. The Balaban J connectivity index is 1.84. The van der Waals surface area contributed by atoms with Gasteiger partial charge in [0, 0.05) is 33.4 Å². The standard InChI is InChI=1S/C30H28N2O3/c1-16-12-17(2)14-22(13-16)32-27(25-20(5)31-24-9-7-6-8-23(24)25)26(29(34)30(32)35)28(33)21-11-10-18(3)19(4)15-21/h6-15,27,31,33H,1-5H3/b28-26+. The molecule has 1 saturated heterocycles. The first-order chi connectivity index (χ1) is 16.7. The van der Waals surface area contributed by atoms with Crippen molar-refractivity contribution in [2.75, 3.05) is 4.90 Å². The highest BCUT2D eigenvalue weighted by molar-refractivity contribution is 6.52. The van der Waals surface area contributed by atoms with Crippen LogP contribution in [0.5, 0.6) is 0 Å². The normalized spacial score (nSPS) is 17.5. The van der Waals surface area contributed by atoms with Gasteiger partial charge in [0.1, 0.15) is 5.76 Å². The van der Waals surface area contributed by atoms with E-state index in [-0.39, 0.29) is 11.3 Å². The number of rotatable bonds is 3. The number of nitrogens with one attached hydrogen (secondary N) is 1. The molecule has 3 aromatic carbocycles. The Morgan fingerprint density at radius 2 is 1.54 bits per heavy atom. The molecular formula is C30H28N2O3. The molecule has 5 nitrogen and oxygen atoms in total. The molecule has 0 aliphatic carbocycles. The molecule has 0 radical (unpaired) electrons. The van der Waals surface area contributed by atoms with Gasteiger partial charge in [0.2, 0.25) is 0 Å². The molecule has 176 valence electrons. The van der Waals surface area contributed by atoms with E-state index in [4.69, 9.17) is 0 Å². The smallest absolute Gasteiger partial charge is 0.300 e. The second-order valence-corrected chi connectivity index (χ2v) is 9.52. The van der Waals surface area contributed by atoms with E-state index in [9.17, 15) is 14.7 Å². The number of aliphatic hydroxyl groups is 1. The van der Waals surface area contributed by atoms with Crippen molar-refractivity contribution >= 4 is 34.0 Å². The van der Waals surface area contributed by atoms with E-state index >= 15 is 0 Å². The summed E-state index contributed by atoms with van der Waals surface area (Å²) in [5.74, 6) is -1.49. The van der Waals surface area contributed by atoms with Crippen LogP contribution in [0.4, 0.5) is 5.69 Å². The van der Waals surface area contributed by atoms with Crippen molar-refractivity contribution in [3.63, 3.8) is 0 Å². The number of ketones is 1. The lowest BCUT2D eigenvalue weighted by Gasteiger charge is -2.26. The molecule has 1 atom stereocenters. The first kappa shape index (κ1) is 22.7. The Morgan fingerprint density at radius 3 is 2.23 bits per heavy atom. The van der Waals surface area contributed by atoms with Crippen LogP contribution >= 0.6 is 0 Å². The molecule has 1 fully saturated rings. The number of H-pyrrole nitrogens is 1. The monoisotopic (exact) mass is 464 g/mol. The Kier molecular flexibility index (Phi) is 5.36. The fraction of sp³-hybridized carbons (Fsp3) is 0.200. The highest BCUT2D eigenvalue weighted by atomic mass is 16.3. The second-order valence-electron chi connectivity index (χ2n) is 9.52. The molecule has 0 saturated carbocycles. The number of hydrogen-bond donors (Lipinski definition) is 2. The third-order valence-electron chi connectivity index (χ3n) is 6.93. The van der Waals surface area contributed by atoms with Crippen LogP contribution < -0.4 is 4.90 Å². The Hall–Kier alpha value is -4.12. The molecule has 5 heteroatoms. The minimum Gasteiger partial charge on any atom is -0.507 e. The first-order valence-electron chi connectivity index (χ1n) is 11.7. The van der Waals surface area contributed by atoms with Crippen molar-refractivity contribution in [2.24, 2.45) is 0 Å². The molecule has 35 heavy (non-hydrogen) atoms. The quantitative estimate of drug-likeness (QED) is 0.211. The predicted molar refractivity (Wildman–Crippen MR) is 140 cm³/mol. The zero-order valence-corrected chi connectivity index (χ0v) is 20.6. The SMILES string of the molecule is Cc1cc(C)cc(N2C(=O)C(=O)/C(=C(/O)c3ccc(C)c(C)c3)C2c2c(C)[nH]c3ccccc23)c1. The Labute approximate surface area is 204 Å². The van der Waals surface area contributed by atoms with E-state index in [2.05, 4.69) is 4.98 Å². The third kappa shape index (κ3) is 3.64. The third-order valence-corrected chi connectivity index (χ3v) is 6.93. The average Bonchev–Trinajstić information content (AvgIpc) is 3.27. The Morgan fingerprint density at radius 1 is 0.857 bits per heavy atom. The number of carbonyl (C=O) groups is 2. The van der Waals surface area contributed by atoms with Gasteiger partial charge in [0.05, 0.1) is 11.6 Å². The summed E-state index contributed by atoms with van der Waals surface area (Å²) in [6.45, 7) is 9.82. The number of hydrogen-bond acceptors (Lipinski definition) is 3. The number of anilines is 1. The van der Waals surface area contributed by atoms with E-state index < -0.39 is 17.7 Å². The topological polar surface area (TPSA) is 73.4 Å². The van der Waals surface area contributed by atoms with Crippen molar-refractivity contribution in [1.82, 2.24) is 4.98 Å². The summed E-state index contributed by atoms with van der Waals surface area (Å²) >= 11 is 0. The minimum absolute atomic E-state index is 0.102. The van der Waals surface area contributed by atoms with Crippen molar-refractivity contribution < 1.29 is 14.7 Å². The number of aliphatic hydroxyl groups excluding tert-OH is 1. The molecule has 1 aromatic heterocycles. The maximum Gasteiger partial charge on any atom is 0.300 e.